The van der Waals surface area contributed by atoms with Gasteiger partial charge in [0.15, 0.2) is 0 Å². The third-order valence-electron chi connectivity index (χ3n) is 4.01. The zero-order chi connectivity index (χ0) is 13.7. The first-order valence-electron chi connectivity index (χ1n) is 7.30. The predicted molar refractivity (Wildman–Crippen MR) is 77.1 cm³/mol. The summed E-state index contributed by atoms with van der Waals surface area (Å²) in [7, 11) is 0. The first kappa shape index (κ1) is 14.4. The molecule has 106 valence electrons. The summed E-state index contributed by atoms with van der Waals surface area (Å²) in [5.74, 6) is 1.53. The summed E-state index contributed by atoms with van der Waals surface area (Å²) in [6.45, 7) is 2.85. The van der Waals surface area contributed by atoms with E-state index in [0.717, 1.165) is 23.3 Å². The first-order chi connectivity index (χ1) is 9.20. The van der Waals surface area contributed by atoms with Crippen LogP contribution in [0.25, 0.3) is 0 Å². The summed E-state index contributed by atoms with van der Waals surface area (Å²) in [4.78, 5) is 0. The zero-order valence-electron chi connectivity index (χ0n) is 11.8. The Labute approximate surface area is 115 Å². The second-order valence-electron chi connectivity index (χ2n) is 5.62. The van der Waals surface area contributed by atoms with Crippen LogP contribution in [0.15, 0.2) is 18.2 Å². The van der Waals surface area contributed by atoms with Crippen molar-refractivity contribution >= 4 is 0 Å². The van der Waals surface area contributed by atoms with Crippen molar-refractivity contribution in [1.82, 2.24) is 0 Å². The van der Waals surface area contributed by atoms with Gasteiger partial charge in [-0.25, -0.2) is 0 Å². The molecule has 0 bridgehead atoms. The van der Waals surface area contributed by atoms with Crippen molar-refractivity contribution in [1.29, 1.82) is 0 Å². The third kappa shape index (κ3) is 3.95. The molecule has 0 heterocycles. The smallest absolute Gasteiger partial charge is 0.126 e. The van der Waals surface area contributed by atoms with Crippen molar-refractivity contribution in [2.24, 2.45) is 11.7 Å². The van der Waals surface area contributed by atoms with Gasteiger partial charge in [-0.3, -0.25) is 0 Å². The molecule has 0 radical (unpaired) electrons. The van der Waals surface area contributed by atoms with E-state index < -0.39 is 0 Å². The van der Waals surface area contributed by atoms with Gasteiger partial charge in [0, 0.05) is 12.1 Å². The lowest BCUT2D eigenvalue weighted by atomic mass is 10.0. The summed E-state index contributed by atoms with van der Waals surface area (Å²) in [6.07, 6.45) is 5.64. The maximum absolute atomic E-state index is 10.1. The molecule has 19 heavy (non-hydrogen) atoms. The molecule has 1 aromatic rings. The second-order valence-corrected chi connectivity index (χ2v) is 5.62. The van der Waals surface area contributed by atoms with Gasteiger partial charge < -0.3 is 15.6 Å². The van der Waals surface area contributed by atoms with Crippen LogP contribution >= 0.6 is 0 Å². The van der Waals surface area contributed by atoms with Gasteiger partial charge in [-0.1, -0.05) is 43.9 Å². The van der Waals surface area contributed by atoms with Crippen LogP contribution in [0, 0.1) is 12.8 Å². The van der Waals surface area contributed by atoms with Gasteiger partial charge in [-0.05, 0) is 24.8 Å². The van der Waals surface area contributed by atoms with E-state index in [4.69, 9.17) is 10.5 Å². The number of nitrogens with two attached hydrogens (primary N) is 1. The van der Waals surface area contributed by atoms with E-state index >= 15 is 0 Å². The molecule has 1 fully saturated rings. The Morgan fingerprint density at radius 3 is 2.79 bits per heavy atom. The Bertz CT molecular complexity index is 400. The van der Waals surface area contributed by atoms with Crippen molar-refractivity contribution in [3.05, 3.63) is 29.3 Å². The molecule has 1 atom stereocenters. The van der Waals surface area contributed by atoms with Crippen LogP contribution in [0.2, 0.25) is 0 Å². The van der Waals surface area contributed by atoms with Gasteiger partial charge in [-0.2, -0.15) is 0 Å². The highest BCUT2D eigenvalue weighted by atomic mass is 16.5. The molecule has 2 rings (SSSR count). The number of hydrogen-bond acceptors (Lipinski definition) is 3. The van der Waals surface area contributed by atoms with E-state index in [9.17, 15) is 5.11 Å². The quantitative estimate of drug-likeness (QED) is 0.829. The Kier molecular flexibility index (Phi) is 5.23. The van der Waals surface area contributed by atoms with Gasteiger partial charge in [0.25, 0.3) is 0 Å². The number of aryl methyl sites for hydroxylation is 1. The standard InChI is InChI=1S/C16H25NO2/c1-12-5-4-8-14(10-17)16(12)19-11-15(18)9-13-6-2-3-7-13/h4-5,8,13,15,18H,2-3,6-7,9-11,17H2,1H3. The topological polar surface area (TPSA) is 55.5 Å². The van der Waals surface area contributed by atoms with Gasteiger partial charge in [0.2, 0.25) is 0 Å². The minimum atomic E-state index is -0.367. The van der Waals surface area contributed by atoms with Crippen molar-refractivity contribution in [2.75, 3.05) is 6.61 Å². The molecule has 0 amide bonds. The van der Waals surface area contributed by atoms with Crippen molar-refractivity contribution in [2.45, 2.75) is 51.7 Å². The number of ether oxygens (including phenoxy) is 1. The highest BCUT2D eigenvalue weighted by molar-refractivity contribution is 5.40. The molecule has 1 aliphatic carbocycles. The van der Waals surface area contributed by atoms with Crippen molar-refractivity contribution in [3.63, 3.8) is 0 Å². The monoisotopic (exact) mass is 263 g/mol. The second kappa shape index (κ2) is 6.92. The molecular weight excluding hydrogens is 238 g/mol. The molecular formula is C16H25NO2. The van der Waals surface area contributed by atoms with Gasteiger partial charge in [0.1, 0.15) is 12.4 Å². The minimum Gasteiger partial charge on any atom is -0.490 e. The summed E-state index contributed by atoms with van der Waals surface area (Å²) in [5.41, 5.74) is 7.80. The Morgan fingerprint density at radius 1 is 1.37 bits per heavy atom. The van der Waals surface area contributed by atoms with Crippen LogP contribution in [-0.2, 0) is 6.54 Å². The molecule has 3 N–H and O–H groups in total. The molecule has 3 nitrogen and oxygen atoms in total. The number of para-hydroxylation sites is 1. The normalized spacial score (nSPS) is 17.6. The Hall–Kier alpha value is -1.06. The number of aliphatic hydroxyl groups excluding tert-OH is 1. The van der Waals surface area contributed by atoms with Gasteiger partial charge >= 0.3 is 0 Å². The summed E-state index contributed by atoms with van der Waals surface area (Å²) in [6, 6.07) is 5.98. The molecule has 0 saturated heterocycles. The van der Waals surface area contributed by atoms with E-state index in [2.05, 4.69) is 0 Å². The van der Waals surface area contributed by atoms with Crippen LogP contribution in [0.1, 0.15) is 43.2 Å². The van der Waals surface area contributed by atoms with E-state index in [1.54, 1.807) is 0 Å². The third-order valence-corrected chi connectivity index (χ3v) is 4.01. The molecule has 1 saturated carbocycles. The number of hydrogen-bond donors (Lipinski definition) is 2. The largest absolute Gasteiger partial charge is 0.490 e. The maximum atomic E-state index is 10.1. The molecule has 1 aromatic carbocycles. The Morgan fingerprint density at radius 2 is 2.11 bits per heavy atom. The molecule has 1 unspecified atom stereocenters. The number of aliphatic hydroxyl groups is 1. The zero-order valence-corrected chi connectivity index (χ0v) is 11.8. The maximum Gasteiger partial charge on any atom is 0.126 e. The lowest BCUT2D eigenvalue weighted by molar-refractivity contribution is 0.0848. The number of benzene rings is 1. The highest BCUT2D eigenvalue weighted by Crippen LogP contribution is 2.29. The molecule has 0 aliphatic heterocycles. The number of rotatable bonds is 6. The van der Waals surface area contributed by atoms with Crippen LogP contribution < -0.4 is 10.5 Å². The van der Waals surface area contributed by atoms with E-state index in [1.165, 1.54) is 25.7 Å². The fraction of sp³-hybridized carbons (Fsp3) is 0.625. The van der Waals surface area contributed by atoms with Gasteiger partial charge in [0.05, 0.1) is 6.10 Å². The van der Waals surface area contributed by atoms with Gasteiger partial charge in [-0.15, -0.1) is 0 Å². The summed E-state index contributed by atoms with van der Waals surface area (Å²) >= 11 is 0. The SMILES string of the molecule is Cc1cccc(CN)c1OCC(O)CC1CCCC1. The molecule has 0 spiro atoms. The van der Waals surface area contributed by atoms with Crippen LogP contribution in [0.4, 0.5) is 0 Å². The van der Waals surface area contributed by atoms with Crippen LogP contribution in [-0.4, -0.2) is 17.8 Å². The average Bonchev–Trinajstić information content (AvgIpc) is 2.89. The minimum absolute atomic E-state index is 0.367. The summed E-state index contributed by atoms with van der Waals surface area (Å²) < 4.78 is 5.80. The van der Waals surface area contributed by atoms with Crippen LogP contribution in [0.3, 0.4) is 0 Å². The van der Waals surface area contributed by atoms with Crippen molar-refractivity contribution < 1.29 is 9.84 Å². The van der Waals surface area contributed by atoms with E-state index in [0.29, 0.717) is 19.1 Å². The lowest BCUT2D eigenvalue weighted by Gasteiger charge is -2.18. The average molecular weight is 263 g/mol. The highest BCUT2D eigenvalue weighted by Gasteiger charge is 2.19. The Balaban J connectivity index is 1.87. The van der Waals surface area contributed by atoms with E-state index in [-0.39, 0.29) is 6.10 Å². The summed E-state index contributed by atoms with van der Waals surface area (Å²) in [5, 5.41) is 10.1. The van der Waals surface area contributed by atoms with Crippen molar-refractivity contribution in [3.8, 4) is 5.75 Å². The van der Waals surface area contributed by atoms with E-state index in [1.807, 2.05) is 25.1 Å². The molecule has 1 aliphatic rings. The first-order valence-corrected chi connectivity index (χ1v) is 7.30. The predicted octanol–water partition coefficient (Wildman–Crippen LogP) is 2.77. The fourth-order valence-corrected chi connectivity index (χ4v) is 2.96. The molecule has 3 heteroatoms. The lowest BCUT2D eigenvalue weighted by Crippen LogP contribution is -2.21. The molecule has 0 aromatic heterocycles. The fourth-order valence-electron chi connectivity index (χ4n) is 2.96. The van der Waals surface area contributed by atoms with Crippen LogP contribution in [0.5, 0.6) is 5.75 Å².